The molecule has 7 heteroatoms. The van der Waals surface area contributed by atoms with Crippen LogP contribution in [0.1, 0.15) is 51.8 Å². The Morgan fingerprint density at radius 3 is 2.70 bits per heavy atom. The molecule has 1 amide bonds. The molecule has 2 aliphatic heterocycles. The van der Waals surface area contributed by atoms with Gasteiger partial charge in [-0.15, -0.1) is 0 Å². The van der Waals surface area contributed by atoms with E-state index in [0.29, 0.717) is 24.7 Å². The molecule has 0 bridgehead atoms. The first-order valence-electron chi connectivity index (χ1n) is 10.5. The summed E-state index contributed by atoms with van der Waals surface area (Å²) in [6, 6.07) is 9.58. The minimum atomic E-state index is 0.0719. The number of nitrogens with zero attached hydrogens (tertiary/aromatic N) is 5. The molecule has 30 heavy (non-hydrogen) atoms. The number of ether oxygens (including phenoxy) is 1. The molecule has 5 rings (SSSR count). The number of hydrogen-bond donors (Lipinski definition) is 0. The lowest BCUT2D eigenvalue weighted by atomic mass is 9.89. The number of piperidine rings is 1. The molecule has 5 heterocycles. The van der Waals surface area contributed by atoms with Crippen molar-refractivity contribution in [2.75, 3.05) is 19.7 Å². The van der Waals surface area contributed by atoms with Crippen molar-refractivity contribution in [1.29, 1.82) is 0 Å². The maximum absolute atomic E-state index is 13.0. The number of fused-ring (bicyclic) bond motifs is 1. The number of aryl methyl sites for hydroxylation is 1. The second-order valence-electron chi connectivity index (χ2n) is 7.92. The zero-order valence-corrected chi connectivity index (χ0v) is 17.1. The highest BCUT2D eigenvalue weighted by atomic mass is 16.5. The zero-order chi connectivity index (χ0) is 20.5. The number of rotatable bonds is 3. The van der Waals surface area contributed by atoms with E-state index in [0.717, 1.165) is 49.6 Å². The molecule has 0 aliphatic carbocycles. The smallest absolute Gasteiger partial charge is 0.255 e. The Morgan fingerprint density at radius 2 is 1.93 bits per heavy atom. The van der Waals surface area contributed by atoms with Crippen molar-refractivity contribution in [2.45, 2.75) is 38.7 Å². The standard InChI is InChI=1S/C23H25N5O2/c1-16-18(5-4-11-24-16)23(29)27-12-7-17(8-13-27)22-19-15-30-14-9-20(19)26-28(22)21-6-2-3-10-25-21/h2-6,10-11,17H,7-9,12-15H2,1H3. The molecule has 7 nitrogen and oxygen atoms in total. The van der Waals surface area contributed by atoms with Crippen LogP contribution in [-0.4, -0.2) is 50.3 Å². The first kappa shape index (κ1) is 18.9. The van der Waals surface area contributed by atoms with Gasteiger partial charge in [0.25, 0.3) is 5.91 Å². The summed E-state index contributed by atoms with van der Waals surface area (Å²) in [7, 11) is 0. The second kappa shape index (κ2) is 7.99. The lowest BCUT2D eigenvalue weighted by molar-refractivity contribution is 0.0708. The average Bonchev–Trinajstić information content (AvgIpc) is 3.19. The van der Waals surface area contributed by atoms with Gasteiger partial charge in [0.2, 0.25) is 0 Å². The predicted octanol–water partition coefficient (Wildman–Crippen LogP) is 3.06. The highest BCUT2D eigenvalue weighted by Gasteiger charge is 2.32. The van der Waals surface area contributed by atoms with Crippen LogP contribution in [0.25, 0.3) is 5.82 Å². The van der Waals surface area contributed by atoms with Gasteiger partial charge in [0.1, 0.15) is 0 Å². The van der Waals surface area contributed by atoms with Gasteiger partial charge in [-0.1, -0.05) is 6.07 Å². The van der Waals surface area contributed by atoms with Gasteiger partial charge >= 0.3 is 0 Å². The molecule has 154 valence electrons. The normalized spacial score (nSPS) is 17.0. The monoisotopic (exact) mass is 403 g/mol. The fraction of sp³-hybridized carbons (Fsp3) is 0.391. The Hall–Kier alpha value is -3.06. The van der Waals surface area contributed by atoms with Crippen molar-refractivity contribution in [3.63, 3.8) is 0 Å². The van der Waals surface area contributed by atoms with E-state index in [-0.39, 0.29) is 5.91 Å². The topological polar surface area (TPSA) is 73.1 Å². The van der Waals surface area contributed by atoms with Gasteiger partial charge in [-0.05, 0) is 44.0 Å². The fourth-order valence-corrected chi connectivity index (χ4v) is 4.52. The molecule has 1 fully saturated rings. The Bertz CT molecular complexity index is 1050. The molecule has 0 aromatic carbocycles. The molecule has 3 aromatic heterocycles. The second-order valence-corrected chi connectivity index (χ2v) is 7.92. The van der Waals surface area contributed by atoms with Gasteiger partial charge in [-0.3, -0.25) is 9.78 Å². The SMILES string of the molecule is Cc1ncccc1C(=O)N1CCC(c2c3c(nn2-c2ccccn2)CCOC3)CC1. The van der Waals surface area contributed by atoms with Crippen LogP contribution < -0.4 is 0 Å². The van der Waals surface area contributed by atoms with Gasteiger partial charge in [0.15, 0.2) is 5.82 Å². The van der Waals surface area contributed by atoms with Crippen molar-refractivity contribution in [3.05, 3.63) is 70.9 Å². The summed E-state index contributed by atoms with van der Waals surface area (Å²) in [5.41, 5.74) is 5.00. The van der Waals surface area contributed by atoms with Crippen molar-refractivity contribution < 1.29 is 9.53 Å². The van der Waals surface area contributed by atoms with Crippen LogP contribution >= 0.6 is 0 Å². The van der Waals surface area contributed by atoms with Gasteiger partial charge < -0.3 is 9.64 Å². The number of pyridine rings is 2. The quantitative estimate of drug-likeness (QED) is 0.672. The molecule has 0 N–H and O–H groups in total. The maximum Gasteiger partial charge on any atom is 0.255 e. The summed E-state index contributed by atoms with van der Waals surface area (Å²) in [4.78, 5) is 23.7. The third kappa shape index (κ3) is 3.39. The average molecular weight is 403 g/mol. The summed E-state index contributed by atoms with van der Waals surface area (Å²) in [6.45, 7) is 4.65. The molecule has 2 aliphatic rings. The van der Waals surface area contributed by atoms with Crippen LogP contribution in [-0.2, 0) is 17.8 Å². The van der Waals surface area contributed by atoms with Gasteiger partial charge in [-0.25, -0.2) is 9.67 Å². The summed E-state index contributed by atoms with van der Waals surface area (Å²) in [6.07, 6.45) is 6.15. The van der Waals surface area contributed by atoms with Crippen molar-refractivity contribution in [1.82, 2.24) is 24.6 Å². The van der Waals surface area contributed by atoms with Crippen LogP contribution in [0, 0.1) is 6.92 Å². The number of hydrogen-bond acceptors (Lipinski definition) is 5. The lowest BCUT2D eigenvalue weighted by Crippen LogP contribution is -2.38. The molecule has 1 saturated heterocycles. The maximum atomic E-state index is 13.0. The van der Waals surface area contributed by atoms with E-state index < -0.39 is 0 Å². The van der Waals surface area contributed by atoms with E-state index in [4.69, 9.17) is 9.84 Å². The van der Waals surface area contributed by atoms with E-state index in [2.05, 4.69) is 9.97 Å². The molecule has 3 aromatic rings. The largest absolute Gasteiger partial charge is 0.376 e. The summed E-state index contributed by atoms with van der Waals surface area (Å²) < 4.78 is 7.77. The third-order valence-electron chi connectivity index (χ3n) is 6.11. The first-order chi connectivity index (χ1) is 14.7. The van der Waals surface area contributed by atoms with Gasteiger partial charge in [0.05, 0.1) is 30.2 Å². The van der Waals surface area contributed by atoms with Crippen molar-refractivity contribution in [2.24, 2.45) is 0 Å². The van der Waals surface area contributed by atoms with Crippen LogP contribution in [0.15, 0.2) is 42.7 Å². The number of amides is 1. The Kier molecular flexibility index (Phi) is 5.04. The van der Waals surface area contributed by atoms with Crippen LogP contribution in [0.5, 0.6) is 0 Å². The molecular formula is C23H25N5O2. The molecule has 0 radical (unpaired) electrons. The minimum absolute atomic E-state index is 0.0719. The van der Waals surface area contributed by atoms with Gasteiger partial charge in [-0.2, -0.15) is 5.10 Å². The number of likely N-dealkylation sites (tertiary alicyclic amines) is 1. The highest BCUT2D eigenvalue weighted by Crippen LogP contribution is 2.35. The highest BCUT2D eigenvalue weighted by molar-refractivity contribution is 5.95. The molecule has 0 unspecified atom stereocenters. The van der Waals surface area contributed by atoms with E-state index >= 15 is 0 Å². The minimum Gasteiger partial charge on any atom is -0.376 e. The Labute approximate surface area is 175 Å². The Balaban J connectivity index is 1.41. The van der Waals surface area contributed by atoms with Crippen molar-refractivity contribution in [3.8, 4) is 5.82 Å². The fourth-order valence-electron chi connectivity index (χ4n) is 4.52. The number of aromatic nitrogens is 4. The zero-order valence-electron chi connectivity index (χ0n) is 17.1. The molecule has 0 spiro atoms. The first-order valence-corrected chi connectivity index (χ1v) is 10.5. The Morgan fingerprint density at radius 1 is 1.10 bits per heavy atom. The van der Waals surface area contributed by atoms with Crippen LogP contribution in [0.4, 0.5) is 0 Å². The van der Waals surface area contributed by atoms with Crippen molar-refractivity contribution >= 4 is 5.91 Å². The third-order valence-corrected chi connectivity index (χ3v) is 6.11. The lowest BCUT2D eigenvalue weighted by Gasteiger charge is -2.33. The van der Waals surface area contributed by atoms with Crippen LogP contribution in [0.2, 0.25) is 0 Å². The molecular weight excluding hydrogens is 378 g/mol. The molecule has 0 atom stereocenters. The van der Waals surface area contributed by atoms with Crippen LogP contribution in [0.3, 0.4) is 0 Å². The van der Waals surface area contributed by atoms with E-state index in [1.165, 1.54) is 11.3 Å². The van der Waals surface area contributed by atoms with Gasteiger partial charge in [0, 0.05) is 49.1 Å². The summed E-state index contributed by atoms with van der Waals surface area (Å²) in [5.74, 6) is 1.23. The van der Waals surface area contributed by atoms with E-state index in [1.54, 1.807) is 12.4 Å². The summed E-state index contributed by atoms with van der Waals surface area (Å²) >= 11 is 0. The van der Waals surface area contributed by atoms with E-state index in [1.807, 2.05) is 46.8 Å². The predicted molar refractivity (Wildman–Crippen MR) is 112 cm³/mol. The number of carbonyl (C=O) groups is 1. The van der Waals surface area contributed by atoms with E-state index in [9.17, 15) is 4.79 Å². The molecule has 0 saturated carbocycles. The number of carbonyl (C=O) groups excluding carboxylic acids is 1. The summed E-state index contributed by atoms with van der Waals surface area (Å²) in [5, 5.41) is 4.89.